The molecule has 0 aliphatic carbocycles. The minimum atomic E-state index is 0. The molecule has 2 unspecified atom stereocenters. The second kappa shape index (κ2) is 10.6. The average molecular weight is 424 g/mol. The predicted molar refractivity (Wildman–Crippen MR) is 103 cm³/mol. The summed E-state index contributed by atoms with van der Waals surface area (Å²) in [6.45, 7) is 12.4. The highest BCUT2D eigenvalue weighted by Crippen LogP contribution is 2.22. The van der Waals surface area contributed by atoms with E-state index < -0.39 is 0 Å². The number of ether oxygens (including phenoxy) is 1. The molecule has 2 atom stereocenters. The normalized spacial score (nSPS) is 25.7. The molecule has 0 bridgehead atoms. The van der Waals surface area contributed by atoms with Crippen molar-refractivity contribution >= 4 is 29.9 Å². The number of nitrogens with one attached hydrogen (secondary N) is 2. The molecule has 0 saturated carbocycles. The largest absolute Gasteiger partial charge is 0.373 e. The molecular formula is C16H33IN4O. The van der Waals surface area contributed by atoms with Gasteiger partial charge < -0.3 is 15.4 Å². The van der Waals surface area contributed by atoms with Crippen LogP contribution in [0.5, 0.6) is 0 Å². The lowest BCUT2D eigenvalue weighted by Crippen LogP contribution is -2.47. The van der Waals surface area contributed by atoms with Gasteiger partial charge >= 0.3 is 0 Å². The Morgan fingerprint density at radius 3 is 2.91 bits per heavy atom. The molecule has 0 aromatic carbocycles. The van der Waals surface area contributed by atoms with Crippen molar-refractivity contribution in [1.29, 1.82) is 0 Å². The van der Waals surface area contributed by atoms with Crippen molar-refractivity contribution in [3.05, 3.63) is 0 Å². The third kappa shape index (κ3) is 6.58. The Bertz CT molecular complexity index is 338. The summed E-state index contributed by atoms with van der Waals surface area (Å²) in [7, 11) is 0. The van der Waals surface area contributed by atoms with Crippen LogP contribution < -0.4 is 10.6 Å². The lowest BCUT2D eigenvalue weighted by molar-refractivity contribution is -0.0432. The number of hydrogen-bond donors (Lipinski definition) is 2. The maximum absolute atomic E-state index is 5.96. The molecule has 2 aliphatic rings. The van der Waals surface area contributed by atoms with E-state index in [1.54, 1.807) is 0 Å². The third-order valence-corrected chi connectivity index (χ3v) is 4.27. The van der Waals surface area contributed by atoms with Crippen molar-refractivity contribution in [2.24, 2.45) is 10.9 Å². The molecule has 6 heteroatoms. The number of halogens is 1. The molecule has 0 spiro atoms. The summed E-state index contributed by atoms with van der Waals surface area (Å²) in [5.41, 5.74) is 0. The molecule has 2 heterocycles. The molecule has 0 aromatic heterocycles. The molecule has 2 aliphatic heterocycles. The van der Waals surface area contributed by atoms with Crippen LogP contribution in [0.3, 0.4) is 0 Å². The van der Waals surface area contributed by atoms with Crippen molar-refractivity contribution in [3.63, 3.8) is 0 Å². The lowest BCUT2D eigenvalue weighted by Gasteiger charge is -2.34. The monoisotopic (exact) mass is 424 g/mol. The predicted octanol–water partition coefficient (Wildman–Crippen LogP) is 2.07. The zero-order chi connectivity index (χ0) is 15.1. The van der Waals surface area contributed by atoms with Crippen LogP contribution >= 0.6 is 24.0 Å². The first-order valence-electron chi connectivity index (χ1n) is 8.57. The van der Waals surface area contributed by atoms with E-state index in [4.69, 9.17) is 9.73 Å². The zero-order valence-corrected chi connectivity index (χ0v) is 16.6. The van der Waals surface area contributed by atoms with E-state index in [9.17, 15) is 0 Å². The second-order valence-electron chi connectivity index (χ2n) is 6.58. The summed E-state index contributed by atoms with van der Waals surface area (Å²) in [6.07, 6.45) is 4.04. The highest BCUT2D eigenvalue weighted by molar-refractivity contribution is 14.0. The van der Waals surface area contributed by atoms with Gasteiger partial charge in [0.2, 0.25) is 0 Å². The number of nitrogens with zero attached hydrogens (tertiary/aromatic N) is 2. The summed E-state index contributed by atoms with van der Waals surface area (Å²) in [4.78, 5) is 7.26. The minimum absolute atomic E-state index is 0. The van der Waals surface area contributed by atoms with E-state index in [2.05, 4.69) is 36.3 Å². The van der Waals surface area contributed by atoms with Gasteiger partial charge in [0.05, 0.1) is 19.3 Å². The van der Waals surface area contributed by atoms with Gasteiger partial charge in [0, 0.05) is 25.7 Å². The number of hydrogen-bond acceptors (Lipinski definition) is 3. The van der Waals surface area contributed by atoms with Gasteiger partial charge in [0.15, 0.2) is 5.96 Å². The fourth-order valence-electron chi connectivity index (χ4n) is 3.01. The summed E-state index contributed by atoms with van der Waals surface area (Å²) in [5.74, 6) is 1.64. The van der Waals surface area contributed by atoms with Crippen LogP contribution in [0.2, 0.25) is 0 Å². The molecule has 0 aromatic rings. The first-order valence-corrected chi connectivity index (χ1v) is 8.57. The number of morpholine rings is 1. The number of aliphatic imine (C=N–C) groups is 1. The van der Waals surface area contributed by atoms with Gasteiger partial charge in [-0.1, -0.05) is 13.8 Å². The molecule has 130 valence electrons. The highest BCUT2D eigenvalue weighted by Gasteiger charge is 2.31. The van der Waals surface area contributed by atoms with Crippen molar-refractivity contribution < 1.29 is 4.74 Å². The summed E-state index contributed by atoms with van der Waals surface area (Å²) < 4.78 is 5.96. The van der Waals surface area contributed by atoms with Crippen LogP contribution in [0, 0.1) is 5.92 Å². The SMILES string of the molecule is CCNC(=NCC1CN2CCCC2CO1)NCCC(C)C.I. The Hall–Kier alpha value is -0.0800. The van der Waals surface area contributed by atoms with Crippen LogP contribution in [-0.4, -0.2) is 62.3 Å². The Balaban J connectivity index is 0.00000242. The van der Waals surface area contributed by atoms with E-state index in [1.165, 1.54) is 25.8 Å². The standard InChI is InChI=1S/C16H32N4O.HI/c1-4-17-16(18-8-7-13(2)3)19-10-15-11-20-9-5-6-14(20)12-21-15;/h13-15H,4-12H2,1-3H3,(H2,17,18,19);1H. The van der Waals surface area contributed by atoms with Crippen LogP contribution in [0.15, 0.2) is 4.99 Å². The summed E-state index contributed by atoms with van der Waals surface area (Å²) in [6, 6.07) is 0.669. The van der Waals surface area contributed by atoms with Crippen molar-refractivity contribution in [2.45, 2.75) is 52.2 Å². The molecule has 22 heavy (non-hydrogen) atoms. The Kier molecular flexibility index (Phi) is 9.66. The van der Waals surface area contributed by atoms with Crippen molar-refractivity contribution in [2.75, 3.05) is 39.3 Å². The van der Waals surface area contributed by atoms with Crippen LogP contribution in [0.1, 0.15) is 40.0 Å². The van der Waals surface area contributed by atoms with Gasteiger partial charge in [-0.3, -0.25) is 9.89 Å². The van der Waals surface area contributed by atoms with Crippen LogP contribution in [-0.2, 0) is 4.74 Å². The molecule has 2 fully saturated rings. The second-order valence-corrected chi connectivity index (χ2v) is 6.58. The fraction of sp³-hybridized carbons (Fsp3) is 0.938. The number of fused-ring (bicyclic) bond motifs is 1. The molecule has 2 rings (SSSR count). The van der Waals surface area contributed by atoms with Crippen LogP contribution in [0.25, 0.3) is 0 Å². The first-order chi connectivity index (χ1) is 10.2. The molecule has 0 amide bonds. The van der Waals surface area contributed by atoms with Gasteiger partial charge in [-0.05, 0) is 38.6 Å². The maximum atomic E-state index is 5.96. The lowest BCUT2D eigenvalue weighted by atomic mass is 10.1. The van der Waals surface area contributed by atoms with Gasteiger partial charge in [-0.25, -0.2) is 0 Å². The van der Waals surface area contributed by atoms with Gasteiger partial charge in [-0.2, -0.15) is 0 Å². The number of rotatable bonds is 6. The van der Waals surface area contributed by atoms with Gasteiger partial charge in [-0.15, -0.1) is 24.0 Å². The molecule has 2 N–H and O–H groups in total. The Morgan fingerprint density at radius 1 is 1.36 bits per heavy atom. The highest BCUT2D eigenvalue weighted by atomic mass is 127. The zero-order valence-electron chi connectivity index (χ0n) is 14.3. The van der Waals surface area contributed by atoms with Crippen molar-refractivity contribution in [1.82, 2.24) is 15.5 Å². The molecule has 5 nitrogen and oxygen atoms in total. The van der Waals surface area contributed by atoms with Crippen LogP contribution in [0.4, 0.5) is 0 Å². The topological polar surface area (TPSA) is 48.9 Å². The van der Waals surface area contributed by atoms with Crippen molar-refractivity contribution in [3.8, 4) is 0 Å². The smallest absolute Gasteiger partial charge is 0.191 e. The van der Waals surface area contributed by atoms with Gasteiger partial charge in [0.25, 0.3) is 0 Å². The van der Waals surface area contributed by atoms with E-state index in [1.807, 2.05) is 0 Å². The average Bonchev–Trinajstić information content (AvgIpc) is 2.91. The first kappa shape index (κ1) is 20.0. The maximum Gasteiger partial charge on any atom is 0.191 e. The third-order valence-electron chi connectivity index (χ3n) is 4.27. The fourth-order valence-corrected chi connectivity index (χ4v) is 3.01. The number of guanidine groups is 1. The Labute approximate surface area is 152 Å². The van der Waals surface area contributed by atoms with Gasteiger partial charge in [0.1, 0.15) is 0 Å². The molecule has 2 saturated heterocycles. The minimum Gasteiger partial charge on any atom is -0.373 e. The van der Waals surface area contributed by atoms with E-state index >= 15 is 0 Å². The Morgan fingerprint density at radius 2 is 2.18 bits per heavy atom. The molecular weight excluding hydrogens is 391 g/mol. The molecule has 0 radical (unpaired) electrons. The quantitative estimate of drug-likeness (QED) is 0.390. The van der Waals surface area contributed by atoms with E-state index in [-0.39, 0.29) is 30.1 Å². The summed E-state index contributed by atoms with van der Waals surface area (Å²) in [5, 5.41) is 6.72. The van der Waals surface area contributed by atoms with E-state index in [0.717, 1.165) is 38.7 Å². The summed E-state index contributed by atoms with van der Waals surface area (Å²) >= 11 is 0. The van der Waals surface area contributed by atoms with E-state index in [0.29, 0.717) is 12.0 Å².